The minimum Gasteiger partial charge on any atom is -0.329 e. The molecule has 3 heteroatoms. The first-order valence-corrected chi connectivity index (χ1v) is 6.52. The molecule has 0 aliphatic heterocycles. The Hall–Kier alpha value is -1.80. The molecule has 100 valence electrons. The largest absolute Gasteiger partial charge is 0.329 e. The van der Waals surface area contributed by atoms with Crippen LogP contribution in [0.5, 0.6) is 0 Å². The molecule has 19 heavy (non-hydrogen) atoms. The summed E-state index contributed by atoms with van der Waals surface area (Å²) in [5, 5.41) is 3.10. The van der Waals surface area contributed by atoms with Crippen molar-refractivity contribution in [2.75, 3.05) is 5.32 Å². The number of amides is 1. The van der Waals surface area contributed by atoms with E-state index in [1.54, 1.807) is 24.3 Å². The molecule has 0 radical (unpaired) electrons. The van der Waals surface area contributed by atoms with Crippen LogP contribution in [0.1, 0.15) is 25.3 Å². The van der Waals surface area contributed by atoms with Gasteiger partial charge in [0.05, 0.1) is 0 Å². The van der Waals surface area contributed by atoms with E-state index < -0.39 is 0 Å². The normalized spacial score (nSPS) is 9.47. The maximum atomic E-state index is 9.93. The van der Waals surface area contributed by atoms with Crippen LogP contribution in [0, 0.1) is 0 Å². The Balaban J connectivity index is 0.000000191. The van der Waals surface area contributed by atoms with Crippen molar-refractivity contribution >= 4 is 23.7 Å². The van der Waals surface area contributed by atoms with Gasteiger partial charge in [0.1, 0.15) is 0 Å². The van der Waals surface area contributed by atoms with Gasteiger partial charge in [-0.1, -0.05) is 61.8 Å². The summed E-state index contributed by atoms with van der Waals surface area (Å²) in [5.41, 5.74) is 2.13. The topological polar surface area (TPSA) is 29.1 Å². The lowest BCUT2D eigenvalue weighted by molar-refractivity contribution is -0.105. The molecule has 2 aromatic rings. The first-order chi connectivity index (χ1) is 9.13. The Kier molecular flexibility index (Phi) is 6.69. The molecule has 2 aromatic carbocycles. The van der Waals surface area contributed by atoms with Crippen molar-refractivity contribution in [2.45, 2.75) is 19.8 Å². The van der Waals surface area contributed by atoms with Gasteiger partial charge in [0.25, 0.3) is 0 Å². The molecular weight excluding hydrogens is 258 g/mol. The summed E-state index contributed by atoms with van der Waals surface area (Å²) in [4.78, 5) is 9.93. The summed E-state index contributed by atoms with van der Waals surface area (Å²) in [6, 6.07) is 17.5. The molecule has 0 atom stereocenters. The van der Waals surface area contributed by atoms with Crippen LogP contribution in [0.4, 0.5) is 5.69 Å². The zero-order valence-corrected chi connectivity index (χ0v) is 11.9. The van der Waals surface area contributed by atoms with Gasteiger partial charge in [-0.2, -0.15) is 0 Å². The quantitative estimate of drug-likeness (QED) is 0.807. The van der Waals surface area contributed by atoms with Gasteiger partial charge in [0.15, 0.2) is 0 Å². The number of rotatable bonds is 3. The average Bonchev–Trinajstić information content (AvgIpc) is 2.41. The molecule has 0 bridgehead atoms. The van der Waals surface area contributed by atoms with Crippen LogP contribution in [0.2, 0.25) is 5.02 Å². The van der Waals surface area contributed by atoms with Crippen LogP contribution in [0.3, 0.4) is 0 Å². The highest BCUT2D eigenvalue weighted by Crippen LogP contribution is 2.13. The number of hydrogen-bond acceptors (Lipinski definition) is 1. The van der Waals surface area contributed by atoms with Crippen LogP contribution in [-0.4, -0.2) is 6.41 Å². The monoisotopic (exact) mass is 275 g/mol. The van der Waals surface area contributed by atoms with Gasteiger partial charge in [-0.05, 0) is 29.7 Å². The molecule has 0 aliphatic carbocycles. The van der Waals surface area contributed by atoms with Crippen LogP contribution >= 0.6 is 11.6 Å². The minimum absolute atomic E-state index is 0.617. The molecule has 0 aromatic heterocycles. The zero-order chi connectivity index (χ0) is 14.1. The summed E-state index contributed by atoms with van der Waals surface area (Å²) in [6.45, 7) is 4.41. The number of hydrogen-bond donors (Lipinski definition) is 1. The first-order valence-electron chi connectivity index (χ1n) is 6.14. The van der Waals surface area contributed by atoms with E-state index in [0.29, 0.717) is 23.0 Å². The second kappa shape index (κ2) is 8.33. The van der Waals surface area contributed by atoms with E-state index in [9.17, 15) is 4.79 Å². The fraction of sp³-hybridized carbons (Fsp3) is 0.188. The van der Waals surface area contributed by atoms with Gasteiger partial charge in [0, 0.05) is 10.7 Å². The molecule has 0 fully saturated rings. The highest BCUT2D eigenvalue weighted by atomic mass is 35.5. The highest BCUT2D eigenvalue weighted by molar-refractivity contribution is 6.30. The third kappa shape index (κ3) is 6.07. The Labute approximate surface area is 119 Å². The third-order valence-corrected chi connectivity index (χ3v) is 2.75. The third-order valence-electron chi connectivity index (χ3n) is 2.52. The Morgan fingerprint density at radius 2 is 1.74 bits per heavy atom. The van der Waals surface area contributed by atoms with E-state index in [2.05, 4.69) is 43.4 Å². The number of anilines is 1. The molecule has 0 saturated heterocycles. The van der Waals surface area contributed by atoms with Crippen molar-refractivity contribution in [3.63, 3.8) is 0 Å². The molecule has 0 spiro atoms. The van der Waals surface area contributed by atoms with Gasteiger partial charge >= 0.3 is 0 Å². The SMILES string of the molecule is CC(C)c1ccccc1.O=CNc1cccc(Cl)c1. The zero-order valence-electron chi connectivity index (χ0n) is 11.1. The van der Waals surface area contributed by atoms with Crippen molar-refractivity contribution in [3.8, 4) is 0 Å². The average molecular weight is 276 g/mol. The van der Waals surface area contributed by atoms with Gasteiger partial charge < -0.3 is 5.32 Å². The van der Waals surface area contributed by atoms with Crippen molar-refractivity contribution in [1.29, 1.82) is 0 Å². The number of halogens is 1. The predicted octanol–water partition coefficient (Wildman–Crippen LogP) is 4.72. The van der Waals surface area contributed by atoms with Crippen LogP contribution in [-0.2, 0) is 4.79 Å². The fourth-order valence-electron chi connectivity index (χ4n) is 1.48. The van der Waals surface area contributed by atoms with Crippen LogP contribution < -0.4 is 5.32 Å². The summed E-state index contributed by atoms with van der Waals surface area (Å²) in [7, 11) is 0. The molecule has 0 unspecified atom stereocenters. The van der Waals surface area contributed by atoms with Crippen molar-refractivity contribution in [2.24, 2.45) is 0 Å². The van der Waals surface area contributed by atoms with Gasteiger partial charge in [-0.15, -0.1) is 0 Å². The van der Waals surface area contributed by atoms with Gasteiger partial charge in [0.2, 0.25) is 6.41 Å². The van der Waals surface area contributed by atoms with E-state index in [0.717, 1.165) is 0 Å². The van der Waals surface area contributed by atoms with Gasteiger partial charge in [-0.3, -0.25) is 4.79 Å². The summed E-state index contributed by atoms with van der Waals surface area (Å²) in [5.74, 6) is 0.659. The molecule has 0 saturated carbocycles. The minimum atomic E-state index is 0.617. The molecular formula is C16H18ClNO. The first kappa shape index (κ1) is 15.3. The van der Waals surface area contributed by atoms with E-state index in [4.69, 9.17) is 11.6 Å². The van der Waals surface area contributed by atoms with E-state index in [1.165, 1.54) is 5.56 Å². The molecule has 1 N–H and O–H groups in total. The fourth-order valence-corrected chi connectivity index (χ4v) is 1.67. The van der Waals surface area contributed by atoms with E-state index >= 15 is 0 Å². The predicted molar refractivity (Wildman–Crippen MR) is 81.7 cm³/mol. The Bertz CT molecular complexity index is 497. The summed E-state index contributed by atoms with van der Waals surface area (Å²) in [6.07, 6.45) is 0.617. The molecule has 0 heterocycles. The lowest BCUT2D eigenvalue weighted by Crippen LogP contribution is -1.92. The maximum Gasteiger partial charge on any atom is 0.211 e. The van der Waals surface area contributed by atoms with Crippen LogP contribution in [0.25, 0.3) is 0 Å². The summed E-state index contributed by atoms with van der Waals surface area (Å²) >= 11 is 5.62. The van der Waals surface area contributed by atoms with E-state index in [-0.39, 0.29) is 0 Å². The van der Waals surface area contributed by atoms with Gasteiger partial charge in [-0.25, -0.2) is 0 Å². The number of nitrogens with one attached hydrogen (secondary N) is 1. The molecule has 2 nitrogen and oxygen atoms in total. The second-order valence-corrected chi connectivity index (χ2v) is 4.77. The highest BCUT2D eigenvalue weighted by Gasteiger charge is 1.93. The number of carbonyl (C=O) groups excluding carboxylic acids is 1. The number of benzene rings is 2. The standard InChI is InChI=1S/C9H12.C7H6ClNO/c1-8(2)9-6-4-3-5-7-9;8-6-2-1-3-7(4-6)9-5-10/h3-8H,1-2H3;1-5H,(H,9,10). The van der Waals surface area contributed by atoms with Crippen molar-refractivity contribution in [3.05, 3.63) is 65.2 Å². The molecule has 2 rings (SSSR count). The maximum absolute atomic E-state index is 9.93. The van der Waals surface area contributed by atoms with Crippen molar-refractivity contribution < 1.29 is 4.79 Å². The molecule has 0 aliphatic rings. The smallest absolute Gasteiger partial charge is 0.211 e. The van der Waals surface area contributed by atoms with E-state index in [1.807, 2.05) is 6.07 Å². The van der Waals surface area contributed by atoms with Crippen molar-refractivity contribution in [1.82, 2.24) is 0 Å². The molecule has 1 amide bonds. The lowest BCUT2D eigenvalue weighted by Gasteiger charge is -2.01. The number of carbonyl (C=O) groups is 1. The van der Waals surface area contributed by atoms with Crippen LogP contribution in [0.15, 0.2) is 54.6 Å². The summed E-state index contributed by atoms with van der Waals surface area (Å²) < 4.78 is 0. The Morgan fingerprint density at radius 1 is 1.05 bits per heavy atom. The lowest BCUT2D eigenvalue weighted by atomic mass is 10.0. The second-order valence-electron chi connectivity index (χ2n) is 4.34. The Morgan fingerprint density at radius 3 is 2.21 bits per heavy atom.